The second-order valence-electron chi connectivity index (χ2n) is 8.29. The van der Waals surface area contributed by atoms with Gasteiger partial charge >= 0.3 is 6.09 Å². The molecule has 2 aromatic rings. The molecule has 1 saturated heterocycles. The highest BCUT2D eigenvalue weighted by molar-refractivity contribution is 5.93. The van der Waals surface area contributed by atoms with Gasteiger partial charge in [-0.2, -0.15) is 5.10 Å². The second-order valence-corrected chi connectivity index (χ2v) is 8.29. The molecule has 0 spiro atoms. The minimum Gasteiger partial charge on any atom is -0.444 e. The zero-order valence-corrected chi connectivity index (χ0v) is 17.2. The van der Waals surface area contributed by atoms with Gasteiger partial charge in [0.25, 0.3) is 0 Å². The molecule has 0 bridgehead atoms. The van der Waals surface area contributed by atoms with Gasteiger partial charge in [-0.25, -0.2) is 9.48 Å². The molecule has 1 fully saturated rings. The Balaban J connectivity index is 1.63. The fourth-order valence-corrected chi connectivity index (χ4v) is 3.32. The molecule has 2 amide bonds. The van der Waals surface area contributed by atoms with E-state index >= 15 is 0 Å². The molecule has 1 aliphatic heterocycles. The second kappa shape index (κ2) is 7.66. The summed E-state index contributed by atoms with van der Waals surface area (Å²) in [4.78, 5) is 26.5. The van der Waals surface area contributed by atoms with Gasteiger partial charge in [0.2, 0.25) is 5.91 Å². The van der Waals surface area contributed by atoms with Crippen molar-refractivity contribution in [3.8, 4) is 5.69 Å². The van der Waals surface area contributed by atoms with Crippen molar-refractivity contribution in [1.29, 1.82) is 0 Å². The molecule has 1 unspecified atom stereocenters. The first-order chi connectivity index (χ1) is 13.1. The van der Waals surface area contributed by atoms with Crippen LogP contribution in [0.5, 0.6) is 0 Å². The number of anilines is 1. The van der Waals surface area contributed by atoms with Crippen molar-refractivity contribution in [2.24, 2.45) is 5.92 Å². The van der Waals surface area contributed by atoms with Crippen LogP contribution in [0.25, 0.3) is 5.69 Å². The Labute approximate surface area is 165 Å². The molecular weight excluding hydrogens is 356 g/mol. The van der Waals surface area contributed by atoms with E-state index in [1.807, 2.05) is 69.6 Å². The summed E-state index contributed by atoms with van der Waals surface area (Å²) in [6.45, 7) is 10.3. The summed E-state index contributed by atoms with van der Waals surface area (Å²) < 4.78 is 7.24. The zero-order valence-electron chi connectivity index (χ0n) is 17.2. The Morgan fingerprint density at radius 1 is 1.21 bits per heavy atom. The summed E-state index contributed by atoms with van der Waals surface area (Å²) in [6.07, 6.45) is 0.261. The highest BCUT2D eigenvalue weighted by Crippen LogP contribution is 2.22. The lowest BCUT2D eigenvalue weighted by atomic mass is 10.1. The van der Waals surface area contributed by atoms with Crippen LogP contribution in [0.15, 0.2) is 30.3 Å². The number of hydrogen-bond donors (Lipinski definition) is 1. The van der Waals surface area contributed by atoms with Crippen molar-refractivity contribution < 1.29 is 14.3 Å². The highest BCUT2D eigenvalue weighted by Gasteiger charge is 2.33. The fraction of sp³-hybridized carbons (Fsp3) is 0.476. The molecule has 1 aromatic carbocycles. The van der Waals surface area contributed by atoms with Crippen LogP contribution >= 0.6 is 0 Å². The molecule has 1 N–H and O–H groups in total. The largest absolute Gasteiger partial charge is 0.444 e. The van der Waals surface area contributed by atoms with E-state index in [9.17, 15) is 9.59 Å². The molecule has 1 atom stereocenters. The number of hydrogen-bond acceptors (Lipinski definition) is 4. The Morgan fingerprint density at radius 2 is 1.96 bits per heavy atom. The first kappa shape index (κ1) is 19.9. The lowest BCUT2D eigenvalue weighted by molar-refractivity contribution is -0.119. The summed E-state index contributed by atoms with van der Waals surface area (Å²) in [5, 5.41) is 7.45. The van der Waals surface area contributed by atoms with Gasteiger partial charge in [-0.15, -0.1) is 0 Å². The van der Waals surface area contributed by atoms with Crippen molar-refractivity contribution in [3.05, 3.63) is 41.7 Å². The number of aromatic nitrogens is 2. The summed E-state index contributed by atoms with van der Waals surface area (Å²) in [7, 11) is 0. The maximum Gasteiger partial charge on any atom is 0.410 e. The molecule has 0 aliphatic carbocycles. The van der Waals surface area contributed by atoms with Crippen LogP contribution < -0.4 is 5.32 Å². The highest BCUT2D eigenvalue weighted by atomic mass is 16.6. The molecule has 2 heterocycles. The normalized spacial score (nSPS) is 16.9. The summed E-state index contributed by atoms with van der Waals surface area (Å²) in [5.41, 5.74) is 3.04. The van der Waals surface area contributed by atoms with Crippen LogP contribution in [-0.4, -0.2) is 45.4 Å². The smallest absolute Gasteiger partial charge is 0.410 e. The maximum atomic E-state index is 12.7. The number of rotatable bonds is 3. The summed E-state index contributed by atoms with van der Waals surface area (Å²) >= 11 is 0. The van der Waals surface area contributed by atoms with Crippen LogP contribution in [0.1, 0.15) is 38.6 Å². The average molecular weight is 384 g/mol. The van der Waals surface area contributed by atoms with Crippen LogP contribution in [0.2, 0.25) is 0 Å². The Morgan fingerprint density at radius 3 is 2.61 bits per heavy atom. The number of benzene rings is 1. The standard InChI is InChI=1S/C21H28N4O3/c1-14-11-15(2)25(23-14)18-8-6-7-17(12-18)22-19(26)16-9-10-24(13-16)20(27)28-21(3,4)5/h6-8,11-12,16H,9-10,13H2,1-5H3,(H,22,26). The van der Waals surface area contributed by atoms with Gasteiger partial charge in [0.1, 0.15) is 5.60 Å². The molecule has 0 radical (unpaired) electrons. The van der Waals surface area contributed by atoms with E-state index in [2.05, 4.69) is 10.4 Å². The lowest BCUT2D eigenvalue weighted by Gasteiger charge is -2.24. The number of carbonyl (C=O) groups is 2. The minimum atomic E-state index is -0.541. The van der Waals surface area contributed by atoms with E-state index in [-0.39, 0.29) is 17.9 Å². The van der Waals surface area contributed by atoms with E-state index in [0.29, 0.717) is 25.2 Å². The Kier molecular flexibility index (Phi) is 5.45. The molecule has 3 rings (SSSR count). The average Bonchev–Trinajstić information content (AvgIpc) is 3.20. The van der Waals surface area contributed by atoms with Gasteiger partial charge in [-0.05, 0) is 65.3 Å². The van der Waals surface area contributed by atoms with E-state index < -0.39 is 5.60 Å². The molecule has 7 heteroatoms. The zero-order chi connectivity index (χ0) is 20.5. The fourth-order valence-electron chi connectivity index (χ4n) is 3.32. The molecule has 0 saturated carbocycles. The van der Waals surface area contributed by atoms with Crippen molar-refractivity contribution in [2.45, 2.75) is 46.6 Å². The predicted octanol–water partition coefficient (Wildman–Crippen LogP) is 3.68. The molecule has 28 heavy (non-hydrogen) atoms. The molecule has 7 nitrogen and oxygen atoms in total. The minimum absolute atomic E-state index is 0.0865. The van der Waals surface area contributed by atoms with E-state index in [1.165, 1.54) is 0 Å². The number of aryl methyl sites for hydroxylation is 2. The molecule has 150 valence electrons. The van der Waals surface area contributed by atoms with E-state index in [4.69, 9.17) is 4.74 Å². The molecular formula is C21H28N4O3. The van der Waals surface area contributed by atoms with Crippen molar-refractivity contribution in [3.63, 3.8) is 0 Å². The maximum absolute atomic E-state index is 12.7. The van der Waals surface area contributed by atoms with Crippen molar-refractivity contribution in [1.82, 2.24) is 14.7 Å². The van der Waals surface area contributed by atoms with Gasteiger partial charge in [0.15, 0.2) is 0 Å². The number of ether oxygens (including phenoxy) is 1. The Bertz CT molecular complexity index is 882. The third-order valence-corrected chi connectivity index (χ3v) is 4.58. The number of amides is 2. The van der Waals surface area contributed by atoms with Crippen molar-refractivity contribution >= 4 is 17.7 Å². The first-order valence-electron chi connectivity index (χ1n) is 9.55. The van der Waals surface area contributed by atoms with Gasteiger partial charge < -0.3 is 15.0 Å². The third-order valence-electron chi connectivity index (χ3n) is 4.58. The van der Waals surface area contributed by atoms with Crippen molar-refractivity contribution in [2.75, 3.05) is 18.4 Å². The third kappa shape index (κ3) is 4.71. The Hall–Kier alpha value is -2.83. The SMILES string of the molecule is Cc1cc(C)n(-c2cccc(NC(=O)C3CCN(C(=O)OC(C)(C)C)C3)c2)n1. The van der Waals surface area contributed by atoms with Gasteiger partial charge in [-0.1, -0.05) is 6.07 Å². The topological polar surface area (TPSA) is 76.5 Å². The monoisotopic (exact) mass is 384 g/mol. The summed E-state index contributed by atoms with van der Waals surface area (Å²) in [5.74, 6) is -0.332. The van der Waals surface area contributed by atoms with Crippen LogP contribution in [0.4, 0.5) is 10.5 Å². The molecule has 1 aromatic heterocycles. The van der Waals surface area contributed by atoms with Crippen LogP contribution in [0, 0.1) is 19.8 Å². The quantitative estimate of drug-likeness (QED) is 0.876. The van der Waals surface area contributed by atoms with Gasteiger partial charge in [-0.3, -0.25) is 4.79 Å². The van der Waals surface area contributed by atoms with Gasteiger partial charge in [0.05, 0.1) is 17.3 Å². The van der Waals surface area contributed by atoms with E-state index in [1.54, 1.807) is 4.90 Å². The number of likely N-dealkylation sites (tertiary alicyclic amines) is 1. The predicted molar refractivity (Wildman–Crippen MR) is 108 cm³/mol. The van der Waals surface area contributed by atoms with E-state index in [0.717, 1.165) is 17.1 Å². The summed E-state index contributed by atoms with van der Waals surface area (Å²) in [6, 6.07) is 9.61. The number of nitrogens with zero attached hydrogens (tertiary/aromatic N) is 3. The molecule has 1 aliphatic rings. The van der Waals surface area contributed by atoms with Crippen LogP contribution in [-0.2, 0) is 9.53 Å². The van der Waals surface area contributed by atoms with Crippen LogP contribution in [0.3, 0.4) is 0 Å². The number of nitrogens with one attached hydrogen (secondary N) is 1. The first-order valence-corrected chi connectivity index (χ1v) is 9.55. The van der Waals surface area contributed by atoms with Gasteiger partial charge in [0, 0.05) is 24.5 Å². The lowest BCUT2D eigenvalue weighted by Crippen LogP contribution is -2.36. The number of carbonyl (C=O) groups excluding carboxylic acids is 2.